The number of rotatable bonds is 5. The van der Waals surface area contributed by atoms with Gasteiger partial charge in [0.15, 0.2) is 0 Å². The van der Waals surface area contributed by atoms with Gasteiger partial charge in [0.25, 0.3) is 0 Å². The van der Waals surface area contributed by atoms with Crippen LogP contribution in [0.3, 0.4) is 0 Å². The van der Waals surface area contributed by atoms with Gasteiger partial charge >= 0.3 is 5.69 Å². The van der Waals surface area contributed by atoms with Crippen LogP contribution in [-0.2, 0) is 0 Å². The van der Waals surface area contributed by atoms with Crippen molar-refractivity contribution in [3.63, 3.8) is 0 Å². The van der Waals surface area contributed by atoms with Crippen LogP contribution in [0, 0.1) is 20.6 Å². The maximum atomic E-state index is 11.6. The maximum absolute atomic E-state index is 11.6. The largest absolute Gasteiger partial charge is 0.353 e. The SMILES string of the molecule is Cc1cccc(Nc2ncnc(Nc3ccc(I)cc3)c2[N+](=O)[O-])c1. The molecule has 0 spiro atoms. The van der Waals surface area contributed by atoms with Gasteiger partial charge < -0.3 is 10.6 Å². The molecule has 25 heavy (non-hydrogen) atoms. The van der Waals surface area contributed by atoms with E-state index >= 15 is 0 Å². The van der Waals surface area contributed by atoms with Crippen molar-refractivity contribution in [3.8, 4) is 0 Å². The van der Waals surface area contributed by atoms with Crippen molar-refractivity contribution in [2.45, 2.75) is 6.92 Å². The molecule has 2 aromatic carbocycles. The van der Waals surface area contributed by atoms with E-state index in [0.717, 1.165) is 14.8 Å². The molecule has 0 atom stereocenters. The molecular weight excluding hydrogens is 433 g/mol. The minimum atomic E-state index is -0.493. The van der Waals surface area contributed by atoms with E-state index in [0.29, 0.717) is 5.69 Å². The Bertz CT molecular complexity index is 915. The van der Waals surface area contributed by atoms with Crippen molar-refractivity contribution >= 4 is 51.3 Å². The van der Waals surface area contributed by atoms with Crippen LogP contribution in [0.1, 0.15) is 5.56 Å². The number of aromatic nitrogens is 2. The lowest BCUT2D eigenvalue weighted by Crippen LogP contribution is -2.05. The molecule has 126 valence electrons. The average Bonchev–Trinajstić information content (AvgIpc) is 2.57. The van der Waals surface area contributed by atoms with Crippen LogP contribution < -0.4 is 10.6 Å². The molecule has 0 amide bonds. The van der Waals surface area contributed by atoms with Crippen LogP contribution in [0.25, 0.3) is 0 Å². The third kappa shape index (κ3) is 4.21. The molecule has 0 aliphatic carbocycles. The second kappa shape index (κ2) is 7.43. The van der Waals surface area contributed by atoms with Crippen molar-refractivity contribution in [1.29, 1.82) is 0 Å². The summed E-state index contributed by atoms with van der Waals surface area (Å²) < 4.78 is 1.07. The van der Waals surface area contributed by atoms with Gasteiger partial charge in [-0.05, 0) is 71.5 Å². The third-order valence-corrected chi connectivity index (χ3v) is 4.11. The Balaban J connectivity index is 1.96. The summed E-state index contributed by atoms with van der Waals surface area (Å²) in [7, 11) is 0. The van der Waals surface area contributed by atoms with Gasteiger partial charge in [-0.2, -0.15) is 0 Å². The van der Waals surface area contributed by atoms with Gasteiger partial charge in [-0.3, -0.25) is 10.1 Å². The fraction of sp³-hybridized carbons (Fsp3) is 0.0588. The first-order valence-corrected chi connectivity index (χ1v) is 8.46. The molecule has 8 heteroatoms. The summed E-state index contributed by atoms with van der Waals surface area (Å²) in [6, 6.07) is 15.0. The van der Waals surface area contributed by atoms with E-state index in [9.17, 15) is 10.1 Å². The summed E-state index contributed by atoms with van der Waals surface area (Å²) in [6.07, 6.45) is 1.29. The van der Waals surface area contributed by atoms with Crippen LogP contribution in [0.2, 0.25) is 0 Å². The van der Waals surface area contributed by atoms with E-state index in [2.05, 4.69) is 43.2 Å². The molecule has 3 aromatic rings. The highest BCUT2D eigenvalue weighted by Crippen LogP contribution is 2.33. The van der Waals surface area contributed by atoms with Crippen molar-refractivity contribution in [1.82, 2.24) is 9.97 Å². The van der Waals surface area contributed by atoms with E-state index in [4.69, 9.17) is 0 Å². The van der Waals surface area contributed by atoms with Gasteiger partial charge in [0.1, 0.15) is 6.33 Å². The Morgan fingerprint density at radius 2 is 1.64 bits per heavy atom. The summed E-state index contributed by atoms with van der Waals surface area (Å²) in [5.74, 6) is 0.273. The topological polar surface area (TPSA) is 93.0 Å². The lowest BCUT2D eigenvalue weighted by Gasteiger charge is -2.10. The Morgan fingerprint density at radius 1 is 1.00 bits per heavy atom. The van der Waals surface area contributed by atoms with Crippen molar-refractivity contribution < 1.29 is 4.92 Å². The molecule has 7 nitrogen and oxygen atoms in total. The number of anilines is 4. The van der Waals surface area contributed by atoms with Crippen LogP contribution >= 0.6 is 22.6 Å². The number of benzene rings is 2. The summed E-state index contributed by atoms with van der Waals surface area (Å²) in [4.78, 5) is 19.2. The molecule has 0 saturated heterocycles. The number of hydrogen-bond donors (Lipinski definition) is 2. The number of nitrogens with zero attached hydrogens (tertiary/aromatic N) is 3. The van der Waals surface area contributed by atoms with Gasteiger partial charge in [0.2, 0.25) is 11.6 Å². The molecule has 0 unspecified atom stereocenters. The summed E-state index contributed by atoms with van der Waals surface area (Å²) in [6.45, 7) is 1.95. The number of nitro groups is 1. The van der Waals surface area contributed by atoms with Crippen LogP contribution in [0.4, 0.5) is 28.7 Å². The zero-order chi connectivity index (χ0) is 17.8. The minimum absolute atomic E-state index is 0.136. The Morgan fingerprint density at radius 3 is 2.24 bits per heavy atom. The molecule has 0 aliphatic rings. The van der Waals surface area contributed by atoms with Gasteiger partial charge in [0.05, 0.1) is 4.92 Å². The molecule has 3 rings (SSSR count). The van der Waals surface area contributed by atoms with E-state index in [1.165, 1.54) is 6.33 Å². The Hall–Kier alpha value is -2.75. The number of hydrogen-bond acceptors (Lipinski definition) is 6. The molecule has 0 fully saturated rings. The molecule has 1 aromatic heterocycles. The molecule has 0 radical (unpaired) electrons. The lowest BCUT2D eigenvalue weighted by molar-refractivity contribution is -0.383. The maximum Gasteiger partial charge on any atom is 0.353 e. The monoisotopic (exact) mass is 447 g/mol. The fourth-order valence-electron chi connectivity index (χ4n) is 2.26. The molecule has 0 bridgehead atoms. The first-order valence-electron chi connectivity index (χ1n) is 7.38. The predicted octanol–water partition coefficient (Wildman–Crippen LogP) is 4.79. The highest BCUT2D eigenvalue weighted by molar-refractivity contribution is 14.1. The van der Waals surface area contributed by atoms with Crippen molar-refractivity contribution in [2.24, 2.45) is 0 Å². The highest BCUT2D eigenvalue weighted by Gasteiger charge is 2.23. The zero-order valence-electron chi connectivity index (χ0n) is 13.2. The molecule has 1 heterocycles. The lowest BCUT2D eigenvalue weighted by atomic mass is 10.2. The summed E-state index contributed by atoms with van der Waals surface area (Å²) >= 11 is 2.19. The standard InChI is InChI=1S/C17H14IN5O2/c1-11-3-2-4-14(9-11)22-17-15(23(24)25)16(19-10-20-17)21-13-7-5-12(18)6-8-13/h2-10H,1H3,(H2,19,20,21,22). The van der Waals surface area contributed by atoms with Crippen LogP contribution in [0.15, 0.2) is 54.9 Å². The predicted molar refractivity (Wildman–Crippen MR) is 106 cm³/mol. The smallest absolute Gasteiger partial charge is 0.334 e. The summed E-state index contributed by atoms with van der Waals surface area (Å²) in [5, 5.41) is 17.6. The third-order valence-electron chi connectivity index (χ3n) is 3.39. The minimum Gasteiger partial charge on any atom is -0.334 e. The first-order chi connectivity index (χ1) is 12.0. The number of aryl methyl sites for hydroxylation is 1. The van der Waals surface area contributed by atoms with Crippen LogP contribution in [0.5, 0.6) is 0 Å². The molecule has 2 N–H and O–H groups in total. The second-order valence-corrected chi connectivity index (χ2v) is 6.55. The molecule has 0 saturated carbocycles. The van der Waals surface area contributed by atoms with E-state index in [-0.39, 0.29) is 17.3 Å². The van der Waals surface area contributed by atoms with Crippen molar-refractivity contribution in [2.75, 3.05) is 10.6 Å². The highest BCUT2D eigenvalue weighted by atomic mass is 127. The van der Waals surface area contributed by atoms with E-state index in [1.54, 1.807) is 0 Å². The van der Waals surface area contributed by atoms with E-state index in [1.807, 2.05) is 55.5 Å². The van der Waals surface area contributed by atoms with Crippen molar-refractivity contribution in [3.05, 3.63) is 74.1 Å². The Labute approximate surface area is 157 Å². The number of halogens is 1. The first kappa shape index (κ1) is 17.1. The fourth-order valence-corrected chi connectivity index (χ4v) is 2.62. The van der Waals surface area contributed by atoms with Gasteiger partial charge in [0, 0.05) is 14.9 Å². The second-order valence-electron chi connectivity index (χ2n) is 5.30. The average molecular weight is 447 g/mol. The summed E-state index contributed by atoms with van der Waals surface area (Å²) in [5.41, 5.74) is 2.27. The Kier molecular flexibility index (Phi) is 5.08. The normalized spacial score (nSPS) is 10.3. The van der Waals surface area contributed by atoms with Gasteiger partial charge in [-0.15, -0.1) is 0 Å². The quantitative estimate of drug-likeness (QED) is 0.332. The molecule has 0 aliphatic heterocycles. The molecular formula is C17H14IN5O2. The van der Waals surface area contributed by atoms with Crippen LogP contribution in [-0.4, -0.2) is 14.9 Å². The van der Waals surface area contributed by atoms with Gasteiger partial charge in [-0.25, -0.2) is 9.97 Å². The number of nitrogens with one attached hydrogen (secondary N) is 2. The zero-order valence-corrected chi connectivity index (χ0v) is 15.4. The van der Waals surface area contributed by atoms with E-state index < -0.39 is 4.92 Å². The van der Waals surface area contributed by atoms with Gasteiger partial charge in [-0.1, -0.05) is 12.1 Å².